The van der Waals surface area contributed by atoms with E-state index in [4.69, 9.17) is 0 Å². The molecule has 0 radical (unpaired) electrons. The minimum Gasteiger partial charge on any atom is -0.357 e. The monoisotopic (exact) mass is 490 g/mol. The third kappa shape index (κ3) is 13.7. The molecule has 0 aliphatic carbocycles. The topological polar surface area (TPSA) is 73.8 Å². The highest BCUT2D eigenvalue weighted by molar-refractivity contribution is 14.0. The summed E-state index contributed by atoms with van der Waals surface area (Å²) in [6.45, 7) is 12.3. The summed E-state index contributed by atoms with van der Waals surface area (Å²) in [6, 6.07) is 0.379. The van der Waals surface area contributed by atoms with E-state index in [1.54, 1.807) is 14.0 Å². The molecular formula is C17H39IN4O2S. The molecule has 0 heterocycles. The molecule has 0 aromatic heterocycles. The molecule has 0 aliphatic heterocycles. The van der Waals surface area contributed by atoms with Crippen LogP contribution in [-0.2, 0) is 10.0 Å². The molecule has 0 bridgehead atoms. The third-order valence-corrected chi connectivity index (χ3v) is 5.75. The Morgan fingerprint density at radius 2 is 1.76 bits per heavy atom. The highest BCUT2D eigenvalue weighted by Crippen LogP contribution is 2.08. The zero-order valence-corrected chi connectivity index (χ0v) is 20.0. The van der Waals surface area contributed by atoms with Crippen molar-refractivity contribution < 1.29 is 8.42 Å². The Hall–Kier alpha value is -0.0900. The maximum absolute atomic E-state index is 11.7. The van der Waals surface area contributed by atoms with Crippen molar-refractivity contribution in [3.63, 3.8) is 0 Å². The van der Waals surface area contributed by atoms with E-state index >= 15 is 0 Å². The van der Waals surface area contributed by atoms with Gasteiger partial charge in [-0.2, -0.15) is 0 Å². The van der Waals surface area contributed by atoms with Crippen LogP contribution in [0.2, 0.25) is 0 Å². The lowest BCUT2D eigenvalue weighted by Gasteiger charge is -2.18. The standard InChI is InChI=1S/C17H38N4O2S.HI/c1-7-18-17(20-16(5)12-9-11-15(3)4)19-13-10-14-21(6)24(22,23)8-2;/h15-16H,7-14H2,1-6H3,(H2,18,19,20);1H. The van der Waals surface area contributed by atoms with Crippen molar-refractivity contribution in [2.75, 3.05) is 32.4 Å². The SMILES string of the molecule is CCNC(=NCCCN(C)S(=O)(=O)CC)NC(C)CCCC(C)C.I. The van der Waals surface area contributed by atoms with Crippen LogP contribution in [0.4, 0.5) is 0 Å². The second-order valence-corrected chi connectivity index (χ2v) is 9.07. The molecule has 0 saturated carbocycles. The molecular weight excluding hydrogens is 451 g/mol. The minimum atomic E-state index is -3.09. The van der Waals surface area contributed by atoms with E-state index in [2.05, 4.69) is 36.4 Å². The van der Waals surface area contributed by atoms with Gasteiger partial charge in [-0.3, -0.25) is 4.99 Å². The van der Waals surface area contributed by atoms with Crippen LogP contribution >= 0.6 is 24.0 Å². The first-order valence-corrected chi connectivity index (χ1v) is 10.8. The van der Waals surface area contributed by atoms with Crippen LogP contribution in [0, 0.1) is 5.92 Å². The van der Waals surface area contributed by atoms with Gasteiger partial charge in [0.25, 0.3) is 0 Å². The Balaban J connectivity index is 0. The lowest BCUT2D eigenvalue weighted by Crippen LogP contribution is -2.42. The molecule has 6 nitrogen and oxygen atoms in total. The minimum absolute atomic E-state index is 0. The fourth-order valence-electron chi connectivity index (χ4n) is 2.30. The molecule has 0 aliphatic rings. The number of rotatable bonds is 12. The lowest BCUT2D eigenvalue weighted by atomic mass is 10.0. The predicted molar refractivity (Wildman–Crippen MR) is 119 cm³/mol. The van der Waals surface area contributed by atoms with Gasteiger partial charge < -0.3 is 10.6 Å². The van der Waals surface area contributed by atoms with Crippen molar-refractivity contribution in [3.05, 3.63) is 0 Å². The second-order valence-electron chi connectivity index (χ2n) is 6.71. The molecule has 25 heavy (non-hydrogen) atoms. The van der Waals surface area contributed by atoms with Gasteiger partial charge in [-0.25, -0.2) is 12.7 Å². The zero-order valence-electron chi connectivity index (χ0n) is 16.8. The van der Waals surface area contributed by atoms with Gasteiger partial charge in [0.2, 0.25) is 10.0 Å². The number of hydrogen-bond acceptors (Lipinski definition) is 3. The average Bonchev–Trinajstić information content (AvgIpc) is 2.50. The van der Waals surface area contributed by atoms with Gasteiger partial charge in [-0.1, -0.05) is 26.7 Å². The van der Waals surface area contributed by atoms with Crippen LogP contribution in [0.25, 0.3) is 0 Å². The maximum atomic E-state index is 11.7. The number of sulfonamides is 1. The average molecular weight is 490 g/mol. The molecule has 0 amide bonds. The van der Waals surface area contributed by atoms with E-state index < -0.39 is 10.0 Å². The molecule has 0 fully saturated rings. The summed E-state index contributed by atoms with van der Waals surface area (Å²) in [7, 11) is -1.46. The second kappa shape index (κ2) is 15.0. The third-order valence-electron chi connectivity index (χ3n) is 3.89. The molecule has 0 spiro atoms. The van der Waals surface area contributed by atoms with Crippen LogP contribution in [-0.4, -0.2) is 57.2 Å². The molecule has 0 saturated heterocycles. The molecule has 0 rings (SSSR count). The van der Waals surface area contributed by atoms with E-state index in [0.717, 1.165) is 24.8 Å². The highest BCUT2D eigenvalue weighted by Gasteiger charge is 2.13. The Bertz CT molecular complexity index is 456. The van der Waals surface area contributed by atoms with Crippen molar-refractivity contribution in [2.45, 2.75) is 66.3 Å². The molecule has 8 heteroatoms. The van der Waals surface area contributed by atoms with Crippen LogP contribution < -0.4 is 10.6 Å². The van der Waals surface area contributed by atoms with E-state index in [-0.39, 0.29) is 29.7 Å². The van der Waals surface area contributed by atoms with Crippen molar-refractivity contribution in [3.8, 4) is 0 Å². The molecule has 0 aromatic carbocycles. The Kier molecular flexibility index (Phi) is 16.3. The molecule has 1 atom stereocenters. The van der Waals surface area contributed by atoms with Gasteiger partial charge in [0, 0.05) is 32.7 Å². The number of guanidine groups is 1. The number of hydrogen-bond donors (Lipinski definition) is 2. The fourth-order valence-corrected chi connectivity index (χ4v) is 3.15. The van der Waals surface area contributed by atoms with E-state index in [9.17, 15) is 8.42 Å². The molecule has 2 N–H and O–H groups in total. The summed E-state index contributed by atoms with van der Waals surface area (Å²) in [5, 5.41) is 6.68. The van der Waals surface area contributed by atoms with Gasteiger partial charge in [-0.15, -0.1) is 24.0 Å². The smallest absolute Gasteiger partial charge is 0.213 e. The predicted octanol–water partition coefficient (Wildman–Crippen LogP) is 3.05. The number of halogens is 1. The van der Waals surface area contributed by atoms with Crippen molar-refractivity contribution >= 4 is 40.0 Å². The Morgan fingerprint density at radius 1 is 1.12 bits per heavy atom. The summed E-state index contributed by atoms with van der Waals surface area (Å²) in [5.41, 5.74) is 0. The summed E-state index contributed by atoms with van der Waals surface area (Å²) < 4.78 is 24.8. The van der Waals surface area contributed by atoms with Crippen LogP contribution in [0.15, 0.2) is 4.99 Å². The fraction of sp³-hybridized carbons (Fsp3) is 0.941. The summed E-state index contributed by atoms with van der Waals surface area (Å²) >= 11 is 0. The first kappa shape index (κ1) is 27.1. The van der Waals surface area contributed by atoms with Crippen molar-refractivity contribution in [1.29, 1.82) is 0 Å². The van der Waals surface area contributed by atoms with Gasteiger partial charge in [0.15, 0.2) is 5.96 Å². The Morgan fingerprint density at radius 3 is 2.28 bits per heavy atom. The van der Waals surface area contributed by atoms with Gasteiger partial charge in [-0.05, 0) is 39.5 Å². The number of aliphatic imine (C=N–C) groups is 1. The van der Waals surface area contributed by atoms with E-state index in [0.29, 0.717) is 25.6 Å². The maximum Gasteiger partial charge on any atom is 0.213 e. The van der Waals surface area contributed by atoms with E-state index in [1.165, 1.54) is 17.1 Å². The van der Waals surface area contributed by atoms with Crippen molar-refractivity contribution in [1.82, 2.24) is 14.9 Å². The first-order valence-electron chi connectivity index (χ1n) is 9.21. The summed E-state index contributed by atoms with van der Waals surface area (Å²) in [5.74, 6) is 1.70. The quantitative estimate of drug-likeness (QED) is 0.191. The number of nitrogens with zero attached hydrogens (tertiary/aromatic N) is 2. The van der Waals surface area contributed by atoms with Crippen LogP contribution in [0.1, 0.15) is 60.3 Å². The van der Waals surface area contributed by atoms with Gasteiger partial charge in [0.1, 0.15) is 0 Å². The normalized spacial score (nSPS) is 13.7. The lowest BCUT2D eigenvalue weighted by molar-refractivity contribution is 0.464. The van der Waals surface area contributed by atoms with Crippen molar-refractivity contribution in [2.24, 2.45) is 10.9 Å². The molecule has 152 valence electrons. The van der Waals surface area contributed by atoms with Gasteiger partial charge >= 0.3 is 0 Å². The summed E-state index contributed by atoms with van der Waals surface area (Å²) in [4.78, 5) is 4.55. The Labute approximate surface area is 172 Å². The molecule has 0 aromatic rings. The van der Waals surface area contributed by atoms with Gasteiger partial charge in [0.05, 0.1) is 5.75 Å². The largest absolute Gasteiger partial charge is 0.357 e. The molecule has 1 unspecified atom stereocenters. The summed E-state index contributed by atoms with van der Waals surface area (Å²) in [6.07, 6.45) is 4.30. The van der Waals surface area contributed by atoms with E-state index in [1.807, 2.05) is 6.92 Å². The number of nitrogens with one attached hydrogen (secondary N) is 2. The zero-order chi connectivity index (χ0) is 18.6. The van der Waals surface area contributed by atoms with Crippen LogP contribution in [0.3, 0.4) is 0 Å². The van der Waals surface area contributed by atoms with Crippen LogP contribution in [0.5, 0.6) is 0 Å². The highest BCUT2D eigenvalue weighted by atomic mass is 127. The first-order chi connectivity index (χ1) is 11.2.